The van der Waals surface area contributed by atoms with Gasteiger partial charge in [0.2, 0.25) is 0 Å². The summed E-state index contributed by atoms with van der Waals surface area (Å²) < 4.78 is 27.1. The van der Waals surface area contributed by atoms with Gasteiger partial charge < -0.3 is 4.74 Å². The SMILES string of the molecule is COCCCS(=O)(=O)C(C)C. The molecule has 3 nitrogen and oxygen atoms in total. The molecule has 0 N–H and O–H groups in total. The van der Waals surface area contributed by atoms with Crippen LogP contribution in [0.2, 0.25) is 0 Å². The molecule has 0 aliphatic carbocycles. The van der Waals surface area contributed by atoms with Crippen LogP contribution in [-0.4, -0.2) is 33.1 Å². The van der Waals surface area contributed by atoms with E-state index in [9.17, 15) is 8.42 Å². The summed E-state index contributed by atoms with van der Waals surface area (Å²) >= 11 is 0. The standard InChI is InChI=1S/C7H16O3S/c1-7(2)11(8,9)6-4-5-10-3/h7H,4-6H2,1-3H3. The predicted molar refractivity (Wildman–Crippen MR) is 45.4 cm³/mol. The molecule has 0 heterocycles. The fraction of sp³-hybridized carbons (Fsp3) is 1.00. The molecular formula is C7H16O3S. The second-order valence-electron chi connectivity index (χ2n) is 2.76. The molecular weight excluding hydrogens is 164 g/mol. The smallest absolute Gasteiger partial charge is 0.152 e. The van der Waals surface area contributed by atoms with Crippen LogP contribution in [0.15, 0.2) is 0 Å². The van der Waals surface area contributed by atoms with E-state index in [0.717, 1.165) is 0 Å². The molecule has 0 aromatic heterocycles. The van der Waals surface area contributed by atoms with E-state index in [1.165, 1.54) is 0 Å². The average Bonchev–Trinajstić information content (AvgIpc) is 1.88. The third-order valence-electron chi connectivity index (χ3n) is 1.50. The number of sulfone groups is 1. The molecule has 0 saturated heterocycles. The van der Waals surface area contributed by atoms with Gasteiger partial charge in [-0.15, -0.1) is 0 Å². The molecule has 0 amide bonds. The fourth-order valence-corrected chi connectivity index (χ4v) is 1.63. The van der Waals surface area contributed by atoms with Crippen LogP contribution < -0.4 is 0 Å². The first-order valence-corrected chi connectivity index (χ1v) is 5.42. The maximum Gasteiger partial charge on any atom is 0.152 e. The van der Waals surface area contributed by atoms with Crippen molar-refractivity contribution in [3.63, 3.8) is 0 Å². The molecule has 0 aliphatic rings. The Morgan fingerprint density at radius 3 is 2.27 bits per heavy atom. The van der Waals surface area contributed by atoms with Crippen molar-refractivity contribution < 1.29 is 13.2 Å². The highest BCUT2D eigenvalue weighted by molar-refractivity contribution is 7.91. The van der Waals surface area contributed by atoms with Gasteiger partial charge in [0.25, 0.3) is 0 Å². The monoisotopic (exact) mass is 180 g/mol. The molecule has 0 unspecified atom stereocenters. The predicted octanol–water partition coefficient (Wildman–Crippen LogP) is 0.846. The van der Waals surface area contributed by atoms with Gasteiger partial charge in [-0.2, -0.15) is 0 Å². The molecule has 68 valence electrons. The molecule has 0 atom stereocenters. The van der Waals surface area contributed by atoms with Crippen molar-refractivity contribution in [2.45, 2.75) is 25.5 Å². The Morgan fingerprint density at radius 1 is 1.36 bits per heavy atom. The molecule has 0 bridgehead atoms. The van der Waals surface area contributed by atoms with E-state index in [-0.39, 0.29) is 11.0 Å². The minimum absolute atomic E-state index is 0.235. The summed E-state index contributed by atoms with van der Waals surface area (Å²) in [5.41, 5.74) is 0. The van der Waals surface area contributed by atoms with E-state index in [1.54, 1.807) is 21.0 Å². The zero-order valence-electron chi connectivity index (χ0n) is 7.33. The summed E-state index contributed by atoms with van der Waals surface area (Å²) in [5, 5.41) is -0.264. The molecule has 0 aromatic rings. The fourth-order valence-electron chi connectivity index (χ4n) is 0.640. The van der Waals surface area contributed by atoms with E-state index < -0.39 is 9.84 Å². The zero-order chi connectivity index (χ0) is 8.91. The van der Waals surface area contributed by atoms with E-state index in [4.69, 9.17) is 4.74 Å². The summed E-state index contributed by atoms with van der Waals surface area (Å²) in [6.07, 6.45) is 0.594. The Labute approximate surface area is 68.7 Å². The van der Waals surface area contributed by atoms with Gasteiger partial charge in [0.1, 0.15) is 0 Å². The number of hydrogen-bond donors (Lipinski definition) is 0. The van der Waals surface area contributed by atoms with Crippen molar-refractivity contribution in [3.8, 4) is 0 Å². The first kappa shape index (κ1) is 10.9. The lowest BCUT2D eigenvalue weighted by Crippen LogP contribution is -2.18. The Morgan fingerprint density at radius 2 is 1.91 bits per heavy atom. The van der Waals surface area contributed by atoms with E-state index in [1.807, 2.05) is 0 Å². The van der Waals surface area contributed by atoms with Crippen molar-refractivity contribution >= 4 is 9.84 Å². The highest BCUT2D eigenvalue weighted by atomic mass is 32.2. The van der Waals surface area contributed by atoms with Crippen molar-refractivity contribution in [1.82, 2.24) is 0 Å². The number of ether oxygens (including phenoxy) is 1. The highest BCUT2D eigenvalue weighted by Crippen LogP contribution is 2.02. The summed E-state index contributed by atoms with van der Waals surface area (Å²) in [6.45, 7) is 3.91. The van der Waals surface area contributed by atoms with Gasteiger partial charge in [-0.3, -0.25) is 0 Å². The molecule has 0 spiro atoms. The largest absolute Gasteiger partial charge is 0.385 e. The van der Waals surface area contributed by atoms with E-state index in [2.05, 4.69) is 0 Å². The van der Waals surface area contributed by atoms with Crippen LogP contribution in [0.5, 0.6) is 0 Å². The Balaban J connectivity index is 3.75. The first-order chi connectivity index (χ1) is 5.00. The van der Waals surface area contributed by atoms with Crippen LogP contribution in [0.1, 0.15) is 20.3 Å². The van der Waals surface area contributed by atoms with Crippen molar-refractivity contribution in [3.05, 3.63) is 0 Å². The maximum atomic E-state index is 11.1. The van der Waals surface area contributed by atoms with Gasteiger partial charge in [-0.05, 0) is 20.3 Å². The number of methoxy groups -OCH3 is 1. The molecule has 4 heteroatoms. The van der Waals surface area contributed by atoms with Gasteiger partial charge in [0, 0.05) is 13.7 Å². The summed E-state index contributed by atoms with van der Waals surface area (Å²) in [4.78, 5) is 0. The normalized spacial score (nSPS) is 12.4. The maximum absolute atomic E-state index is 11.1. The molecule has 11 heavy (non-hydrogen) atoms. The molecule has 0 fully saturated rings. The Bertz CT molecular complexity index is 182. The Kier molecular flexibility index (Phi) is 4.68. The van der Waals surface area contributed by atoms with Crippen LogP contribution in [0.3, 0.4) is 0 Å². The van der Waals surface area contributed by atoms with Gasteiger partial charge in [0.15, 0.2) is 9.84 Å². The second-order valence-corrected chi connectivity index (χ2v) is 5.44. The molecule has 0 rings (SSSR count). The van der Waals surface area contributed by atoms with E-state index >= 15 is 0 Å². The van der Waals surface area contributed by atoms with Crippen molar-refractivity contribution in [2.24, 2.45) is 0 Å². The zero-order valence-corrected chi connectivity index (χ0v) is 8.15. The van der Waals surface area contributed by atoms with E-state index in [0.29, 0.717) is 13.0 Å². The van der Waals surface area contributed by atoms with Crippen LogP contribution in [0, 0.1) is 0 Å². The van der Waals surface area contributed by atoms with Crippen LogP contribution in [0.25, 0.3) is 0 Å². The summed E-state index contributed by atoms with van der Waals surface area (Å²) in [7, 11) is -1.28. The minimum atomic E-state index is -2.85. The number of hydrogen-bond acceptors (Lipinski definition) is 3. The summed E-state index contributed by atoms with van der Waals surface area (Å²) in [5.74, 6) is 0.235. The second kappa shape index (κ2) is 4.72. The van der Waals surface area contributed by atoms with Crippen LogP contribution >= 0.6 is 0 Å². The molecule has 0 radical (unpaired) electrons. The van der Waals surface area contributed by atoms with Crippen LogP contribution in [0.4, 0.5) is 0 Å². The molecule has 0 saturated carbocycles. The summed E-state index contributed by atoms with van der Waals surface area (Å²) in [6, 6.07) is 0. The average molecular weight is 180 g/mol. The van der Waals surface area contributed by atoms with Crippen LogP contribution in [-0.2, 0) is 14.6 Å². The number of rotatable bonds is 5. The third-order valence-corrected chi connectivity index (χ3v) is 3.79. The van der Waals surface area contributed by atoms with Crippen molar-refractivity contribution in [1.29, 1.82) is 0 Å². The quantitative estimate of drug-likeness (QED) is 0.589. The minimum Gasteiger partial charge on any atom is -0.385 e. The molecule has 0 aromatic carbocycles. The lowest BCUT2D eigenvalue weighted by atomic mass is 10.5. The van der Waals surface area contributed by atoms with Gasteiger partial charge >= 0.3 is 0 Å². The Hall–Kier alpha value is -0.0900. The topological polar surface area (TPSA) is 43.4 Å². The van der Waals surface area contributed by atoms with Gasteiger partial charge in [-0.1, -0.05) is 0 Å². The highest BCUT2D eigenvalue weighted by Gasteiger charge is 2.14. The molecule has 0 aliphatic heterocycles. The lowest BCUT2D eigenvalue weighted by molar-refractivity contribution is 0.199. The van der Waals surface area contributed by atoms with Gasteiger partial charge in [0.05, 0.1) is 11.0 Å². The lowest BCUT2D eigenvalue weighted by Gasteiger charge is -2.05. The van der Waals surface area contributed by atoms with Gasteiger partial charge in [-0.25, -0.2) is 8.42 Å². The van der Waals surface area contributed by atoms with Crippen molar-refractivity contribution in [2.75, 3.05) is 19.5 Å². The third kappa shape index (κ3) is 4.37. The first-order valence-electron chi connectivity index (χ1n) is 3.71.